The second-order valence-electron chi connectivity index (χ2n) is 2.64. The Hall–Kier alpha value is -0.970. The van der Waals surface area contributed by atoms with Gasteiger partial charge in [-0.15, -0.1) is 0 Å². The Kier molecular flexibility index (Phi) is 2.75. The van der Waals surface area contributed by atoms with E-state index < -0.39 is 12.2 Å². The van der Waals surface area contributed by atoms with Crippen LogP contribution in [0, 0.1) is 0 Å². The Labute approximate surface area is 68.6 Å². The molecule has 0 bridgehead atoms. The molecule has 5 heteroatoms. The molecule has 0 aliphatic heterocycles. The minimum atomic E-state index is -2.60. The van der Waals surface area contributed by atoms with E-state index in [4.69, 9.17) is 10.2 Å². The van der Waals surface area contributed by atoms with Crippen LogP contribution >= 0.6 is 0 Å². The highest BCUT2D eigenvalue weighted by molar-refractivity contribution is 4.96. The van der Waals surface area contributed by atoms with Crippen LogP contribution in [0.3, 0.4) is 0 Å². The van der Waals surface area contributed by atoms with Gasteiger partial charge in [0.2, 0.25) is 0 Å². The van der Waals surface area contributed by atoms with Crippen molar-refractivity contribution in [1.82, 2.24) is 4.98 Å². The van der Waals surface area contributed by atoms with Crippen molar-refractivity contribution in [2.75, 3.05) is 0 Å². The highest BCUT2D eigenvalue weighted by atomic mass is 19.3. The van der Waals surface area contributed by atoms with Crippen molar-refractivity contribution in [1.29, 1.82) is 0 Å². The van der Waals surface area contributed by atoms with Crippen molar-refractivity contribution < 1.29 is 13.2 Å². The number of aromatic nitrogens is 1. The molecule has 12 heavy (non-hydrogen) atoms. The highest BCUT2D eigenvalue weighted by Crippen LogP contribution is 2.19. The van der Waals surface area contributed by atoms with Crippen molar-refractivity contribution in [2.24, 2.45) is 5.73 Å². The van der Waals surface area contributed by atoms with Gasteiger partial charge in [0, 0.05) is 12.5 Å². The molecule has 68 valence electrons. The molecule has 0 saturated carbocycles. The lowest BCUT2D eigenvalue weighted by molar-refractivity contribution is 0.119. The molecule has 0 amide bonds. The van der Waals surface area contributed by atoms with Crippen LogP contribution in [0.25, 0.3) is 0 Å². The normalized spacial score (nSPS) is 13.8. The molecule has 1 aromatic heterocycles. The molecule has 1 aromatic rings. The minimum Gasteiger partial charge on any atom is -0.440 e. The van der Waals surface area contributed by atoms with Gasteiger partial charge < -0.3 is 10.2 Å². The van der Waals surface area contributed by atoms with Gasteiger partial charge in [-0.25, -0.2) is 13.8 Å². The van der Waals surface area contributed by atoms with Crippen LogP contribution in [0.5, 0.6) is 0 Å². The monoisotopic (exact) mass is 176 g/mol. The van der Waals surface area contributed by atoms with Crippen LogP contribution < -0.4 is 5.73 Å². The van der Waals surface area contributed by atoms with Gasteiger partial charge in [-0.05, 0) is 6.92 Å². The van der Waals surface area contributed by atoms with E-state index >= 15 is 0 Å². The van der Waals surface area contributed by atoms with Gasteiger partial charge in [-0.1, -0.05) is 0 Å². The Bertz CT molecular complexity index is 247. The molecule has 0 aromatic carbocycles. The van der Waals surface area contributed by atoms with Crippen LogP contribution in [0.4, 0.5) is 8.78 Å². The third-order valence-electron chi connectivity index (χ3n) is 1.28. The molecule has 1 heterocycles. The Morgan fingerprint density at radius 1 is 1.67 bits per heavy atom. The lowest BCUT2D eigenvalue weighted by atomic mass is 10.2. The summed E-state index contributed by atoms with van der Waals surface area (Å²) in [6.07, 6.45) is -1.19. The number of hydrogen-bond acceptors (Lipinski definition) is 3. The number of alkyl halides is 2. The van der Waals surface area contributed by atoms with Crippen molar-refractivity contribution in [3.63, 3.8) is 0 Å². The average molecular weight is 176 g/mol. The topological polar surface area (TPSA) is 52.0 Å². The van der Waals surface area contributed by atoms with Crippen molar-refractivity contribution in [3.8, 4) is 0 Å². The predicted octanol–water partition coefficient (Wildman–Crippen LogP) is 1.50. The smallest absolute Gasteiger partial charge is 0.297 e. The summed E-state index contributed by atoms with van der Waals surface area (Å²) in [6, 6.07) is -0.130. The number of nitrogens with two attached hydrogens (primary N) is 1. The average Bonchev–Trinajstić information content (AvgIpc) is 2.34. The van der Waals surface area contributed by atoms with E-state index in [2.05, 4.69) is 4.98 Å². The lowest BCUT2D eigenvalue weighted by Gasteiger charge is -1.98. The van der Waals surface area contributed by atoms with E-state index in [1.807, 2.05) is 0 Å². The van der Waals surface area contributed by atoms with Gasteiger partial charge in [0.25, 0.3) is 6.43 Å². The maximum Gasteiger partial charge on any atom is 0.297 e. The number of rotatable bonds is 3. The zero-order valence-electron chi connectivity index (χ0n) is 6.63. The summed E-state index contributed by atoms with van der Waals surface area (Å²) < 4.78 is 28.6. The molecule has 0 fully saturated rings. The Balaban J connectivity index is 2.64. The van der Waals surface area contributed by atoms with Crippen LogP contribution in [-0.4, -0.2) is 11.0 Å². The molecule has 0 aliphatic carbocycles. The van der Waals surface area contributed by atoms with Gasteiger partial charge in [0.05, 0.1) is 6.20 Å². The van der Waals surface area contributed by atoms with Crippen molar-refractivity contribution in [3.05, 3.63) is 17.8 Å². The summed E-state index contributed by atoms with van der Waals surface area (Å²) in [7, 11) is 0. The molecule has 1 atom stereocenters. The second kappa shape index (κ2) is 3.62. The zero-order valence-corrected chi connectivity index (χ0v) is 6.63. The fraction of sp³-hybridized carbons (Fsp3) is 0.571. The summed E-state index contributed by atoms with van der Waals surface area (Å²) in [4.78, 5) is 3.65. The molecule has 0 aliphatic rings. The Morgan fingerprint density at radius 2 is 2.33 bits per heavy atom. The van der Waals surface area contributed by atoms with Crippen molar-refractivity contribution in [2.45, 2.75) is 25.8 Å². The Morgan fingerprint density at radius 3 is 2.75 bits per heavy atom. The molecule has 0 saturated heterocycles. The van der Waals surface area contributed by atoms with Crippen LogP contribution in [-0.2, 0) is 6.42 Å². The van der Waals surface area contributed by atoms with E-state index in [9.17, 15) is 8.78 Å². The molecule has 3 nitrogen and oxygen atoms in total. The lowest BCUT2D eigenvalue weighted by Crippen LogP contribution is -2.17. The quantitative estimate of drug-likeness (QED) is 0.759. The summed E-state index contributed by atoms with van der Waals surface area (Å²) >= 11 is 0. The first-order valence-electron chi connectivity index (χ1n) is 3.58. The number of nitrogens with zero attached hydrogens (tertiary/aromatic N) is 1. The van der Waals surface area contributed by atoms with Gasteiger partial charge >= 0.3 is 0 Å². The minimum absolute atomic E-state index is 0.130. The third-order valence-corrected chi connectivity index (χ3v) is 1.28. The van der Waals surface area contributed by atoms with Crippen molar-refractivity contribution >= 4 is 0 Å². The number of hydrogen-bond donors (Lipinski definition) is 1. The maximum absolute atomic E-state index is 12.0. The van der Waals surface area contributed by atoms with Gasteiger partial charge in [-0.2, -0.15) is 0 Å². The summed E-state index contributed by atoms with van der Waals surface area (Å²) in [5.41, 5.74) is 5.42. The largest absolute Gasteiger partial charge is 0.440 e. The number of halogens is 2. The predicted molar refractivity (Wildman–Crippen MR) is 38.8 cm³/mol. The fourth-order valence-corrected chi connectivity index (χ4v) is 0.795. The van der Waals surface area contributed by atoms with E-state index in [1.54, 1.807) is 6.92 Å². The molecule has 0 radical (unpaired) electrons. The molecular weight excluding hydrogens is 166 g/mol. The summed E-state index contributed by atoms with van der Waals surface area (Å²) in [5, 5.41) is 0. The molecule has 1 unspecified atom stereocenters. The summed E-state index contributed by atoms with van der Waals surface area (Å²) in [5.74, 6) is -0.133. The molecular formula is C7H10F2N2O. The zero-order chi connectivity index (χ0) is 9.14. The molecule has 0 spiro atoms. The SMILES string of the molecule is CC(N)Cc1ncc(C(F)F)o1. The maximum atomic E-state index is 12.0. The van der Waals surface area contributed by atoms with Gasteiger partial charge in [0.15, 0.2) is 11.7 Å². The third kappa shape index (κ3) is 2.27. The van der Waals surface area contributed by atoms with Crippen LogP contribution in [0.2, 0.25) is 0 Å². The fourth-order valence-electron chi connectivity index (χ4n) is 0.795. The van der Waals surface area contributed by atoms with E-state index in [-0.39, 0.29) is 11.9 Å². The first kappa shape index (κ1) is 9.12. The molecule has 1 rings (SSSR count). The highest BCUT2D eigenvalue weighted by Gasteiger charge is 2.13. The van der Waals surface area contributed by atoms with E-state index in [0.29, 0.717) is 6.42 Å². The van der Waals surface area contributed by atoms with Gasteiger partial charge in [0.1, 0.15) is 0 Å². The molecule has 2 N–H and O–H groups in total. The second-order valence-corrected chi connectivity index (χ2v) is 2.64. The first-order chi connectivity index (χ1) is 5.59. The van der Waals surface area contributed by atoms with Crippen LogP contribution in [0.1, 0.15) is 25.0 Å². The first-order valence-corrected chi connectivity index (χ1v) is 3.58. The van der Waals surface area contributed by atoms with E-state index in [0.717, 1.165) is 6.20 Å². The standard InChI is InChI=1S/C7H10F2N2O/c1-4(10)2-6-11-3-5(12-6)7(8)9/h3-4,7H,2,10H2,1H3. The van der Waals surface area contributed by atoms with Crippen LogP contribution in [0.15, 0.2) is 10.6 Å². The van der Waals surface area contributed by atoms with E-state index in [1.165, 1.54) is 0 Å². The summed E-state index contributed by atoms with van der Waals surface area (Å²) in [6.45, 7) is 1.76. The van der Waals surface area contributed by atoms with Gasteiger partial charge in [-0.3, -0.25) is 0 Å². The number of oxazole rings is 1.